The van der Waals surface area contributed by atoms with Crippen LogP contribution in [-0.4, -0.2) is 19.7 Å². The SMILES string of the molecule is Cc1cc(C)n(-c2nc(N)c3ccccc3n2)n1. The second-order valence-corrected chi connectivity index (χ2v) is 4.26. The molecule has 2 aromatic heterocycles. The molecular formula is C13H13N5. The third-order valence-electron chi connectivity index (χ3n) is 2.82. The van der Waals surface area contributed by atoms with Gasteiger partial charge in [0.25, 0.3) is 5.95 Å². The van der Waals surface area contributed by atoms with Crippen molar-refractivity contribution in [2.75, 3.05) is 5.73 Å². The molecule has 2 heterocycles. The summed E-state index contributed by atoms with van der Waals surface area (Å²) in [6.45, 7) is 3.91. The molecule has 0 spiro atoms. The Morgan fingerprint density at radius 3 is 2.61 bits per heavy atom. The molecular weight excluding hydrogens is 226 g/mol. The lowest BCUT2D eigenvalue weighted by molar-refractivity contribution is 0.781. The van der Waals surface area contributed by atoms with Crippen LogP contribution in [0.4, 0.5) is 5.82 Å². The number of fused-ring (bicyclic) bond motifs is 1. The first-order valence-electron chi connectivity index (χ1n) is 5.71. The normalized spacial score (nSPS) is 11.0. The van der Waals surface area contributed by atoms with Gasteiger partial charge in [-0.2, -0.15) is 10.1 Å². The number of aromatic nitrogens is 4. The summed E-state index contributed by atoms with van der Waals surface area (Å²) in [6, 6.07) is 9.66. The fourth-order valence-electron chi connectivity index (χ4n) is 2.01. The van der Waals surface area contributed by atoms with Crippen molar-refractivity contribution in [3.05, 3.63) is 41.7 Å². The molecule has 3 aromatic rings. The fourth-order valence-corrected chi connectivity index (χ4v) is 2.01. The number of anilines is 1. The summed E-state index contributed by atoms with van der Waals surface area (Å²) >= 11 is 0. The molecule has 0 aliphatic rings. The molecule has 0 saturated carbocycles. The van der Waals surface area contributed by atoms with Crippen LogP contribution in [0.2, 0.25) is 0 Å². The number of nitrogens with zero attached hydrogens (tertiary/aromatic N) is 4. The molecule has 0 bridgehead atoms. The molecule has 0 radical (unpaired) electrons. The van der Waals surface area contributed by atoms with Crippen LogP contribution in [0, 0.1) is 13.8 Å². The molecule has 90 valence electrons. The Balaban J connectivity index is 2.27. The van der Waals surface area contributed by atoms with Gasteiger partial charge in [-0.25, -0.2) is 9.67 Å². The fraction of sp³-hybridized carbons (Fsp3) is 0.154. The van der Waals surface area contributed by atoms with Gasteiger partial charge in [0.1, 0.15) is 5.82 Å². The monoisotopic (exact) mass is 239 g/mol. The van der Waals surface area contributed by atoms with Crippen LogP contribution < -0.4 is 5.73 Å². The highest BCUT2D eigenvalue weighted by Crippen LogP contribution is 2.19. The largest absolute Gasteiger partial charge is 0.383 e. The van der Waals surface area contributed by atoms with E-state index in [9.17, 15) is 0 Å². The third-order valence-corrected chi connectivity index (χ3v) is 2.82. The van der Waals surface area contributed by atoms with Gasteiger partial charge in [-0.15, -0.1) is 0 Å². The van der Waals surface area contributed by atoms with Crippen LogP contribution in [0.15, 0.2) is 30.3 Å². The van der Waals surface area contributed by atoms with Crippen LogP contribution in [0.1, 0.15) is 11.4 Å². The number of rotatable bonds is 1. The van der Waals surface area contributed by atoms with Crippen molar-refractivity contribution >= 4 is 16.7 Å². The van der Waals surface area contributed by atoms with E-state index in [1.165, 1.54) is 0 Å². The van der Waals surface area contributed by atoms with E-state index in [1.54, 1.807) is 4.68 Å². The third kappa shape index (κ3) is 1.60. The van der Waals surface area contributed by atoms with Crippen molar-refractivity contribution in [2.24, 2.45) is 0 Å². The summed E-state index contributed by atoms with van der Waals surface area (Å²) in [4.78, 5) is 8.80. The van der Waals surface area contributed by atoms with Crippen LogP contribution in [-0.2, 0) is 0 Å². The van der Waals surface area contributed by atoms with Gasteiger partial charge in [0.2, 0.25) is 0 Å². The molecule has 18 heavy (non-hydrogen) atoms. The lowest BCUT2D eigenvalue weighted by Crippen LogP contribution is -2.07. The van der Waals surface area contributed by atoms with Crippen LogP contribution in [0.25, 0.3) is 16.9 Å². The number of benzene rings is 1. The molecule has 1 aromatic carbocycles. The van der Waals surface area contributed by atoms with E-state index in [1.807, 2.05) is 44.2 Å². The Kier molecular flexibility index (Phi) is 2.26. The number of hydrogen-bond acceptors (Lipinski definition) is 4. The zero-order valence-corrected chi connectivity index (χ0v) is 10.3. The molecule has 5 heteroatoms. The number of para-hydroxylation sites is 1. The van der Waals surface area contributed by atoms with Gasteiger partial charge in [0, 0.05) is 11.1 Å². The van der Waals surface area contributed by atoms with Gasteiger partial charge < -0.3 is 5.73 Å². The summed E-state index contributed by atoms with van der Waals surface area (Å²) in [7, 11) is 0. The highest BCUT2D eigenvalue weighted by molar-refractivity contribution is 5.88. The highest BCUT2D eigenvalue weighted by Gasteiger charge is 2.09. The van der Waals surface area contributed by atoms with Crippen molar-refractivity contribution in [3.63, 3.8) is 0 Å². The summed E-state index contributed by atoms with van der Waals surface area (Å²) in [5.41, 5.74) is 8.71. The molecule has 5 nitrogen and oxygen atoms in total. The quantitative estimate of drug-likeness (QED) is 0.705. The van der Waals surface area contributed by atoms with E-state index in [0.717, 1.165) is 22.3 Å². The Bertz CT molecular complexity index is 729. The maximum atomic E-state index is 5.96. The van der Waals surface area contributed by atoms with Gasteiger partial charge in [-0.3, -0.25) is 0 Å². The molecule has 0 unspecified atom stereocenters. The molecule has 0 saturated heterocycles. The summed E-state index contributed by atoms with van der Waals surface area (Å²) in [5, 5.41) is 5.23. The second kappa shape index (κ2) is 3.80. The van der Waals surface area contributed by atoms with Crippen LogP contribution in [0.3, 0.4) is 0 Å². The van der Waals surface area contributed by atoms with E-state index >= 15 is 0 Å². The summed E-state index contributed by atoms with van der Waals surface area (Å²) in [5.74, 6) is 0.986. The first-order valence-corrected chi connectivity index (χ1v) is 5.71. The Morgan fingerprint density at radius 1 is 1.11 bits per heavy atom. The zero-order chi connectivity index (χ0) is 12.7. The Hall–Kier alpha value is -2.43. The van der Waals surface area contributed by atoms with Crippen molar-refractivity contribution in [2.45, 2.75) is 13.8 Å². The molecule has 0 aliphatic carbocycles. The first-order chi connectivity index (χ1) is 8.65. The Labute approximate surface area is 104 Å². The lowest BCUT2D eigenvalue weighted by Gasteiger charge is -2.06. The van der Waals surface area contributed by atoms with Crippen molar-refractivity contribution in [1.82, 2.24) is 19.7 Å². The minimum atomic E-state index is 0.475. The topological polar surface area (TPSA) is 69.6 Å². The smallest absolute Gasteiger partial charge is 0.253 e. The highest BCUT2D eigenvalue weighted by atomic mass is 15.4. The van der Waals surface area contributed by atoms with E-state index in [0.29, 0.717) is 11.8 Å². The van der Waals surface area contributed by atoms with E-state index < -0.39 is 0 Å². The molecule has 3 rings (SSSR count). The predicted molar refractivity (Wildman–Crippen MR) is 70.5 cm³/mol. The number of aryl methyl sites for hydroxylation is 2. The van der Waals surface area contributed by atoms with E-state index in [-0.39, 0.29) is 0 Å². The summed E-state index contributed by atoms with van der Waals surface area (Å²) in [6.07, 6.45) is 0. The number of nitrogen functional groups attached to an aromatic ring is 1. The van der Waals surface area contributed by atoms with Crippen molar-refractivity contribution in [1.29, 1.82) is 0 Å². The van der Waals surface area contributed by atoms with Crippen LogP contribution >= 0.6 is 0 Å². The molecule has 0 atom stereocenters. The Morgan fingerprint density at radius 2 is 1.89 bits per heavy atom. The minimum absolute atomic E-state index is 0.475. The van der Waals surface area contributed by atoms with Gasteiger partial charge in [-0.05, 0) is 32.0 Å². The van der Waals surface area contributed by atoms with E-state index in [4.69, 9.17) is 5.73 Å². The van der Waals surface area contributed by atoms with Crippen molar-refractivity contribution in [3.8, 4) is 5.95 Å². The molecule has 2 N–H and O–H groups in total. The second-order valence-electron chi connectivity index (χ2n) is 4.26. The van der Waals surface area contributed by atoms with Gasteiger partial charge >= 0.3 is 0 Å². The van der Waals surface area contributed by atoms with Crippen molar-refractivity contribution < 1.29 is 0 Å². The average molecular weight is 239 g/mol. The maximum Gasteiger partial charge on any atom is 0.253 e. The molecule has 0 amide bonds. The van der Waals surface area contributed by atoms with Crippen LogP contribution in [0.5, 0.6) is 0 Å². The molecule has 0 fully saturated rings. The summed E-state index contributed by atoms with van der Waals surface area (Å²) < 4.78 is 1.71. The lowest BCUT2D eigenvalue weighted by atomic mass is 10.2. The zero-order valence-electron chi connectivity index (χ0n) is 10.3. The van der Waals surface area contributed by atoms with E-state index in [2.05, 4.69) is 15.1 Å². The number of nitrogens with two attached hydrogens (primary N) is 1. The predicted octanol–water partition coefficient (Wildman–Crippen LogP) is 2.01. The van der Waals surface area contributed by atoms with Gasteiger partial charge in [0.05, 0.1) is 11.2 Å². The first kappa shape index (κ1) is 10.7. The van der Waals surface area contributed by atoms with Gasteiger partial charge in [0.15, 0.2) is 0 Å². The van der Waals surface area contributed by atoms with Gasteiger partial charge in [-0.1, -0.05) is 12.1 Å². The standard InChI is InChI=1S/C13H13N5/c1-8-7-9(2)18(17-8)13-15-11-6-4-3-5-10(11)12(14)16-13/h3-7H,1-2H3,(H2,14,15,16). The minimum Gasteiger partial charge on any atom is -0.383 e. The number of hydrogen-bond donors (Lipinski definition) is 1. The molecule has 0 aliphatic heterocycles. The average Bonchev–Trinajstić information content (AvgIpc) is 2.68. The maximum absolute atomic E-state index is 5.96.